The SMILES string of the molecule is CC1(C)[C@H](C(=O)O)[C@@H]1C(=O)N1CCN2CCCC2C1. The molecule has 2 saturated heterocycles. The highest BCUT2D eigenvalue weighted by Crippen LogP contribution is 2.59. The Balaban J connectivity index is 1.67. The molecule has 3 rings (SSSR count). The third-order valence-electron chi connectivity index (χ3n) is 5.26. The molecule has 5 heteroatoms. The fourth-order valence-corrected chi connectivity index (χ4v) is 3.95. The fourth-order valence-electron chi connectivity index (χ4n) is 3.95. The van der Waals surface area contributed by atoms with Crippen molar-refractivity contribution in [2.45, 2.75) is 32.7 Å². The molecule has 0 bridgehead atoms. The molecule has 0 aromatic carbocycles. The van der Waals surface area contributed by atoms with Gasteiger partial charge in [0, 0.05) is 25.7 Å². The maximum Gasteiger partial charge on any atom is 0.307 e. The van der Waals surface area contributed by atoms with Crippen LogP contribution in [0.3, 0.4) is 0 Å². The summed E-state index contributed by atoms with van der Waals surface area (Å²) in [6.07, 6.45) is 2.39. The van der Waals surface area contributed by atoms with Crippen molar-refractivity contribution < 1.29 is 14.7 Å². The predicted molar refractivity (Wildman–Crippen MR) is 69.6 cm³/mol. The van der Waals surface area contributed by atoms with Crippen LogP contribution < -0.4 is 0 Å². The van der Waals surface area contributed by atoms with E-state index in [1.165, 1.54) is 12.8 Å². The molecule has 19 heavy (non-hydrogen) atoms. The van der Waals surface area contributed by atoms with Crippen molar-refractivity contribution in [1.29, 1.82) is 0 Å². The lowest BCUT2D eigenvalue weighted by molar-refractivity contribution is -0.142. The van der Waals surface area contributed by atoms with Gasteiger partial charge in [-0.2, -0.15) is 0 Å². The Morgan fingerprint density at radius 3 is 2.53 bits per heavy atom. The van der Waals surface area contributed by atoms with Crippen LogP contribution in [0.5, 0.6) is 0 Å². The van der Waals surface area contributed by atoms with Crippen molar-refractivity contribution in [1.82, 2.24) is 9.80 Å². The summed E-state index contributed by atoms with van der Waals surface area (Å²) in [5.74, 6) is -1.59. The molecule has 1 amide bonds. The van der Waals surface area contributed by atoms with Gasteiger partial charge in [-0.15, -0.1) is 0 Å². The van der Waals surface area contributed by atoms with Gasteiger partial charge >= 0.3 is 5.97 Å². The summed E-state index contributed by atoms with van der Waals surface area (Å²) in [5.41, 5.74) is -0.379. The Kier molecular flexibility index (Phi) is 2.85. The molecule has 0 aromatic heterocycles. The van der Waals surface area contributed by atoms with Crippen molar-refractivity contribution in [2.75, 3.05) is 26.2 Å². The summed E-state index contributed by atoms with van der Waals surface area (Å²) in [6, 6.07) is 0.503. The van der Waals surface area contributed by atoms with Gasteiger partial charge in [-0.1, -0.05) is 13.8 Å². The summed E-state index contributed by atoms with van der Waals surface area (Å²) < 4.78 is 0. The molecule has 5 nitrogen and oxygen atoms in total. The summed E-state index contributed by atoms with van der Waals surface area (Å²) in [4.78, 5) is 28.1. The molecule has 2 aliphatic heterocycles. The molecule has 0 aromatic rings. The Morgan fingerprint density at radius 2 is 1.89 bits per heavy atom. The van der Waals surface area contributed by atoms with E-state index in [4.69, 9.17) is 0 Å². The van der Waals surface area contributed by atoms with Gasteiger partial charge in [0.15, 0.2) is 0 Å². The second-order valence-corrected chi connectivity index (χ2v) is 6.73. The van der Waals surface area contributed by atoms with E-state index in [9.17, 15) is 14.7 Å². The molecule has 106 valence electrons. The first-order valence-corrected chi connectivity index (χ1v) is 7.18. The average Bonchev–Trinajstić information content (AvgIpc) is 2.73. The van der Waals surface area contributed by atoms with E-state index < -0.39 is 11.9 Å². The molecule has 1 unspecified atom stereocenters. The van der Waals surface area contributed by atoms with Crippen LogP contribution >= 0.6 is 0 Å². The third kappa shape index (κ3) is 1.95. The molecule has 0 spiro atoms. The Hall–Kier alpha value is -1.10. The van der Waals surface area contributed by atoms with E-state index in [0.717, 1.165) is 26.2 Å². The number of carboxylic acid groups (broad SMARTS) is 1. The fraction of sp³-hybridized carbons (Fsp3) is 0.857. The van der Waals surface area contributed by atoms with Gasteiger partial charge in [-0.3, -0.25) is 14.5 Å². The number of aliphatic carboxylic acids is 1. The van der Waals surface area contributed by atoms with Gasteiger partial charge in [0.05, 0.1) is 11.8 Å². The van der Waals surface area contributed by atoms with Crippen LogP contribution in [0.25, 0.3) is 0 Å². The maximum atomic E-state index is 12.5. The van der Waals surface area contributed by atoms with Crippen LogP contribution in [-0.4, -0.2) is 59.0 Å². The first-order valence-electron chi connectivity index (χ1n) is 7.18. The van der Waals surface area contributed by atoms with Crippen LogP contribution in [0, 0.1) is 17.3 Å². The van der Waals surface area contributed by atoms with Crippen molar-refractivity contribution in [3.63, 3.8) is 0 Å². The minimum absolute atomic E-state index is 0.0592. The molecule has 0 radical (unpaired) electrons. The van der Waals surface area contributed by atoms with Gasteiger partial charge in [-0.05, 0) is 24.8 Å². The van der Waals surface area contributed by atoms with E-state index in [1.807, 2.05) is 18.7 Å². The number of piperazine rings is 1. The minimum atomic E-state index is -0.831. The van der Waals surface area contributed by atoms with Crippen molar-refractivity contribution in [2.24, 2.45) is 17.3 Å². The standard InChI is InChI=1S/C14H22N2O3/c1-14(2)10(11(14)13(18)19)12(17)16-7-6-15-5-3-4-9(15)8-16/h9-11H,3-8H2,1-2H3,(H,18,19)/t9?,10-,11+/m1/s1. The molecule has 3 atom stereocenters. The van der Waals surface area contributed by atoms with E-state index in [2.05, 4.69) is 4.90 Å². The zero-order chi connectivity index (χ0) is 13.8. The second-order valence-electron chi connectivity index (χ2n) is 6.73. The highest BCUT2D eigenvalue weighted by Gasteiger charge is 2.66. The Bertz CT molecular complexity index is 421. The lowest BCUT2D eigenvalue weighted by Crippen LogP contribution is -2.52. The largest absolute Gasteiger partial charge is 0.481 e. The minimum Gasteiger partial charge on any atom is -0.481 e. The van der Waals surface area contributed by atoms with Crippen LogP contribution in [0.2, 0.25) is 0 Å². The number of carbonyl (C=O) groups is 2. The summed E-state index contributed by atoms with van der Waals surface area (Å²) in [5, 5.41) is 9.18. The van der Waals surface area contributed by atoms with E-state index in [-0.39, 0.29) is 17.2 Å². The zero-order valence-electron chi connectivity index (χ0n) is 11.6. The van der Waals surface area contributed by atoms with Gasteiger partial charge in [0.1, 0.15) is 0 Å². The van der Waals surface area contributed by atoms with E-state index >= 15 is 0 Å². The van der Waals surface area contributed by atoms with E-state index in [1.54, 1.807) is 0 Å². The number of hydrogen-bond acceptors (Lipinski definition) is 3. The third-order valence-corrected chi connectivity index (χ3v) is 5.26. The first kappa shape index (κ1) is 12.9. The molecule has 1 N–H and O–H groups in total. The molecular formula is C14H22N2O3. The second kappa shape index (κ2) is 4.20. The topological polar surface area (TPSA) is 60.9 Å². The maximum absolute atomic E-state index is 12.5. The highest BCUT2D eigenvalue weighted by atomic mass is 16.4. The number of hydrogen-bond donors (Lipinski definition) is 1. The number of fused-ring (bicyclic) bond motifs is 1. The number of amides is 1. The molecule has 1 saturated carbocycles. The highest BCUT2D eigenvalue weighted by molar-refractivity contribution is 5.91. The predicted octanol–water partition coefficient (Wildman–Crippen LogP) is 0.650. The van der Waals surface area contributed by atoms with Gasteiger partial charge < -0.3 is 10.0 Å². The first-order chi connectivity index (χ1) is 8.93. The number of rotatable bonds is 2. The van der Waals surface area contributed by atoms with Crippen LogP contribution in [0.15, 0.2) is 0 Å². The molecular weight excluding hydrogens is 244 g/mol. The van der Waals surface area contributed by atoms with Gasteiger partial charge in [-0.25, -0.2) is 0 Å². The molecule has 2 heterocycles. The number of carboxylic acids is 1. The molecule has 1 aliphatic carbocycles. The van der Waals surface area contributed by atoms with Crippen LogP contribution in [0.1, 0.15) is 26.7 Å². The van der Waals surface area contributed by atoms with Crippen LogP contribution in [0.4, 0.5) is 0 Å². The number of nitrogens with zero attached hydrogens (tertiary/aromatic N) is 2. The lowest BCUT2D eigenvalue weighted by atomic mass is 10.1. The molecule has 3 aliphatic rings. The Morgan fingerprint density at radius 1 is 1.16 bits per heavy atom. The van der Waals surface area contributed by atoms with Crippen molar-refractivity contribution in [3.8, 4) is 0 Å². The summed E-state index contributed by atoms with van der Waals surface area (Å²) in [7, 11) is 0. The van der Waals surface area contributed by atoms with Crippen molar-refractivity contribution >= 4 is 11.9 Å². The summed E-state index contributed by atoms with van der Waals surface area (Å²) in [6.45, 7) is 7.42. The van der Waals surface area contributed by atoms with Gasteiger partial charge in [0.2, 0.25) is 5.91 Å². The van der Waals surface area contributed by atoms with Gasteiger partial charge in [0.25, 0.3) is 0 Å². The smallest absolute Gasteiger partial charge is 0.307 e. The van der Waals surface area contributed by atoms with Crippen molar-refractivity contribution in [3.05, 3.63) is 0 Å². The molecule has 3 fully saturated rings. The number of carbonyl (C=O) groups excluding carboxylic acids is 1. The summed E-state index contributed by atoms with van der Waals surface area (Å²) >= 11 is 0. The quantitative estimate of drug-likeness (QED) is 0.797. The lowest BCUT2D eigenvalue weighted by Gasteiger charge is -2.37. The zero-order valence-corrected chi connectivity index (χ0v) is 11.6. The van der Waals surface area contributed by atoms with Crippen LogP contribution in [-0.2, 0) is 9.59 Å². The monoisotopic (exact) mass is 266 g/mol. The van der Waals surface area contributed by atoms with E-state index in [0.29, 0.717) is 6.04 Å². The normalized spacial score (nSPS) is 36.9. The average molecular weight is 266 g/mol. The Labute approximate surface area is 113 Å².